The maximum absolute atomic E-state index is 13.3. The number of nitrogens with one attached hydrogen (secondary N) is 1. The Morgan fingerprint density at radius 1 is 0.938 bits per heavy atom. The van der Waals surface area contributed by atoms with Crippen molar-refractivity contribution in [3.63, 3.8) is 0 Å². The van der Waals surface area contributed by atoms with E-state index in [-0.39, 0.29) is 17.8 Å². The Labute approximate surface area is 187 Å². The molecule has 2 fully saturated rings. The van der Waals surface area contributed by atoms with Gasteiger partial charge in [0, 0.05) is 62.9 Å². The zero-order valence-electron chi connectivity index (χ0n) is 18.4. The normalized spacial score (nSPS) is 20.9. The standard InChI is InChI=1S/C24H28N4O4/c1-26-15-24(14-21(26)29)16-27(22(30)18-8-10-20(32-2)11-9-18)12-13-28(17-24)23(31)25-19-6-4-3-5-7-19/h3-11H,12-17H2,1-2H3,(H,25,31). The molecule has 2 saturated heterocycles. The SMILES string of the molecule is COc1ccc(C(=O)N2CCN(C(=O)Nc3ccccc3)CC3(CC(=O)N(C)C3)C2)cc1. The van der Waals surface area contributed by atoms with Gasteiger partial charge in [0.2, 0.25) is 5.91 Å². The molecule has 2 aliphatic rings. The Morgan fingerprint density at radius 2 is 1.59 bits per heavy atom. The molecule has 0 bridgehead atoms. The van der Waals surface area contributed by atoms with Crippen molar-refractivity contribution in [2.45, 2.75) is 6.42 Å². The summed E-state index contributed by atoms with van der Waals surface area (Å²) in [6.07, 6.45) is 0.311. The van der Waals surface area contributed by atoms with Crippen molar-refractivity contribution in [3.8, 4) is 5.75 Å². The highest BCUT2D eigenvalue weighted by Crippen LogP contribution is 2.35. The van der Waals surface area contributed by atoms with Crippen molar-refractivity contribution in [3.05, 3.63) is 60.2 Å². The van der Waals surface area contributed by atoms with Crippen molar-refractivity contribution in [2.75, 3.05) is 52.2 Å². The van der Waals surface area contributed by atoms with Gasteiger partial charge in [-0.3, -0.25) is 9.59 Å². The first-order valence-electron chi connectivity index (χ1n) is 10.7. The predicted octanol–water partition coefficient (Wildman–Crippen LogP) is 2.53. The zero-order chi connectivity index (χ0) is 22.7. The number of methoxy groups -OCH3 is 1. The summed E-state index contributed by atoms with van der Waals surface area (Å²) in [7, 11) is 3.35. The van der Waals surface area contributed by atoms with Crippen LogP contribution in [0.1, 0.15) is 16.8 Å². The molecule has 4 amide bonds. The van der Waals surface area contributed by atoms with Crippen molar-refractivity contribution in [1.29, 1.82) is 0 Å². The average Bonchev–Trinajstić information content (AvgIpc) is 2.96. The van der Waals surface area contributed by atoms with Gasteiger partial charge in [0.25, 0.3) is 5.91 Å². The molecule has 1 unspecified atom stereocenters. The van der Waals surface area contributed by atoms with Crippen LogP contribution in [0.4, 0.5) is 10.5 Å². The molecule has 0 aliphatic carbocycles. The van der Waals surface area contributed by atoms with Crippen molar-refractivity contribution in [1.82, 2.24) is 14.7 Å². The van der Waals surface area contributed by atoms with Gasteiger partial charge >= 0.3 is 6.03 Å². The van der Waals surface area contributed by atoms with Crippen LogP contribution in [-0.2, 0) is 4.79 Å². The van der Waals surface area contributed by atoms with Crippen LogP contribution in [0, 0.1) is 5.41 Å². The molecule has 1 atom stereocenters. The lowest BCUT2D eigenvalue weighted by atomic mass is 9.86. The molecule has 4 rings (SSSR count). The van der Waals surface area contributed by atoms with E-state index >= 15 is 0 Å². The quantitative estimate of drug-likeness (QED) is 0.802. The summed E-state index contributed by atoms with van der Waals surface area (Å²) in [4.78, 5) is 43.9. The second-order valence-electron chi connectivity index (χ2n) is 8.60. The molecule has 2 aromatic carbocycles. The van der Waals surface area contributed by atoms with Crippen LogP contribution in [0.15, 0.2) is 54.6 Å². The molecule has 0 aromatic heterocycles. The number of para-hydroxylation sites is 1. The lowest BCUT2D eigenvalue weighted by Crippen LogP contribution is -2.46. The van der Waals surface area contributed by atoms with Gasteiger partial charge < -0.3 is 24.8 Å². The number of ether oxygens (including phenoxy) is 1. The number of rotatable bonds is 3. The monoisotopic (exact) mass is 436 g/mol. The third-order valence-corrected chi connectivity index (χ3v) is 6.15. The topological polar surface area (TPSA) is 82.2 Å². The second kappa shape index (κ2) is 8.90. The van der Waals surface area contributed by atoms with Gasteiger partial charge in [-0.2, -0.15) is 0 Å². The van der Waals surface area contributed by atoms with Crippen LogP contribution < -0.4 is 10.1 Å². The fraction of sp³-hybridized carbons (Fsp3) is 0.375. The summed E-state index contributed by atoms with van der Waals surface area (Å²) in [6.45, 7) is 2.12. The first kappa shape index (κ1) is 21.7. The van der Waals surface area contributed by atoms with Crippen molar-refractivity contribution >= 4 is 23.5 Å². The summed E-state index contributed by atoms with van der Waals surface area (Å²) in [5.41, 5.74) is 0.765. The van der Waals surface area contributed by atoms with Crippen molar-refractivity contribution < 1.29 is 19.1 Å². The van der Waals surface area contributed by atoms with E-state index in [9.17, 15) is 14.4 Å². The molecule has 8 heteroatoms. The van der Waals surface area contributed by atoms with Crippen LogP contribution in [0.25, 0.3) is 0 Å². The number of hydrogen-bond donors (Lipinski definition) is 1. The van der Waals surface area contributed by atoms with Gasteiger partial charge in [-0.05, 0) is 36.4 Å². The van der Waals surface area contributed by atoms with E-state index in [1.165, 1.54) is 0 Å². The van der Waals surface area contributed by atoms with Crippen LogP contribution >= 0.6 is 0 Å². The fourth-order valence-electron chi connectivity index (χ4n) is 4.56. The largest absolute Gasteiger partial charge is 0.497 e. The maximum Gasteiger partial charge on any atom is 0.321 e. The number of likely N-dealkylation sites (tertiary alicyclic amines) is 1. The summed E-state index contributed by atoms with van der Waals surface area (Å²) in [6, 6.07) is 16.0. The lowest BCUT2D eigenvalue weighted by molar-refractivity contribution is -0.126. The van der Waals surface area contributed by atoms with E-state index < -0.39 is 5.41 Å². The Kier molecular flexibility index (Phi) is 6.03. The lowest BCUT2D eigenvalue weighted by Gasteiger charge is -2.33. The summed E-state index contributed by atoms with van der Waals surface area (Å²) >= 11 is 0. The summed E-state index contributed by atoms with van der Waals surface area (Å²) in [5.74, 6) is 0.604. The highest BCUT2D eigenvalue weighted by Gasteiger charge is 2.47. The average molecular weight is 437 g/mol. The number of anilines is 1. The predicted molar refractivity (Wildman–Crippen MR) is 121 cm³/mol. The minimum atomic E-state index is -0.501. The molecule has 1 spiro atoms. The fourth-order valence-corrected chi connectivity index (χ4v) is 4.56. The number of carbonyl (C=O) groups excluding carboxylic acids is 3. The Bertz CT molecular complexity index is 995. The van der Waals surface area contributed by atoms with Crippen LogP contribution in [-0.4, -0.2) is 79.4 Å². The molecule has 2 aliphatic heterocycles. The highest BCUT2D eigenvalue weighted by atomic mass is 16.5. The Hall–Kier alpha value is -3.55. The molecule has 2 heterocycles. The van der Waals surface area contributed by atoms with E-state index in [0.717, 1.165) is 0 Å². The van der Waals surface area contributed by atoms with E-state index in [1.54, 1.807) is 53.1 Å². The van der Waals surface area contributed by atoms with Gasteiger partial charge in [-0.15, -0.1) is 0 Å². The van der Waals surface area contributed by atoms with Crippen LogP contribution in [0.3, 0.4) is 0 Å². The molecule has 168 valence electrons. The summed E-state index contributed by atoms with van der Waals surface area (Å²) < 4.78 is 5.18. The zero-order valence-corrected chi connectivity index (χ0v) is 18.4. The van der Waals surface area contributed by atoms with Gasteiger partial charge in [-0.25, -0.2) is 4.79 Å². The molecular weight excluding hydrogens is 408 g/mol. The van der Waals surface area contributed by atoms with E-state index in [2.05, 4.69) is 5.32 Å². The summed E-state index contributed by atoms with van der Waals surface area (Å²) in [5, 5.41) is 2.93. The molecule has 0 radical (unpaired) electrons. The number of benzene rings is 2. The highest BCUT2D eigenvalue weighted by molar-refractivity contribution is 5.95. The first-order chi connectivity index (χ1) is 15.4. The number of nitrogens with zero attached hydrogens (tertiary/aromatic N) is 3. The Morgan fingerprint density at radius 3 is 2.22 bits per heavy atom. The molecule has 8 nitrogen and oxygen atoms in total. The number of carbonyl (C=O) groups is 3. The molecule has 0 saturated carbocycles. The minimum absolute atomic E-state index is 0.0344. The second-order valence-corrected chi connectivity index (χ2v) is 8.60. The van der Waals surface area contributed by atoms with Gasteiger partial charge in [0.05, 0.1) is 7.11 Å². The van der Waals surface area contributed by atoms with E-state index in [4.69, 9.17) is 4.74 Å². The minimum Gasteiger partial charge on any atom is -0.497 e. The third kappa shape index (κ3) is 4.54. The van der Waals surface area contributed by atoms with Crippen LogP contribution in [0.5, 0.6) is 5.75 Å². The molecular formula is C24H28N4O4. The van der Waals surface area contributed by atoms with Gasteiger partial charge in [0.1, 0.15) is 5.75 Å². The third-order valence-electron chi connectivity index (χ3n) is 6.15. The maximum atomic E-state index is 13.3. The van der Waals surface area contributed by atoms with Gasteiger partial charge in [-0.1, -0.05) is 18.2 Å². The smallest absolute Gasteiger partial charge is 0.321 e. The number of amides is 4. The number of hydrogen-bond acceptors (Lipinski definition) is 4. The molecule has 32 heavy (non-hydrogen) atoms. The molecule has 2 aromatic rings. The van der Waals surface area contributed by atoms with Crippen LogP contribution in [0.2, 0.25) is 0 Å². The van der Waals surface area contributed by atoms with Crippen molar-refractivity contribution in [2.24, 2.45) is 5.41 Å². The van der Waals surface area contributed by atoms with E-state index in [0.29, 0.717) is 56.1 Å². The Balaban J connectivity index is 1.56. The van der Waals surface area contributed by atoms with Gasteiger partial charge in [0.15, 0.2) is 0 Å². The first-order valence-corrected chi connectivity index (χ1v) is 10.7. The van der Waals surface area contributed by atoms with E-state index in [1.807, 2.05) is 30.3 Å². The molecule has 1 N–H and O–H groups in total. The number of urea groups is 1.